The van der Waals surface area contributed by atoms with Gasteiger partial charge < -0.3 is 22.0 Å². The normalized spacial score (nSPS) is 9.00. The number of hydrogen-bond donors (Lipinski definition) is 1. The maximum Gasteiger partial charge on any atom is 0.382 e. The van der Waals surface area contributed by atoms with E-state index in [0.29, 0.717) is 11.0 Å². The van der Waals surface area contributed by atoms with Gasteiger partial charge in [0, 0.05) is 5.92 Å². The first-order chi connectivity index (χ1) is 4.42. The number of carboxylic acids is 1. The molecule has 0 bridgehead atoms. The van der Waals surface area contributed by atoms with Crippen LogP contribution in [0.1, 0.15) is 0 Å². The van der Waals surface area contributed by atoms with Crippen LogP contribution < -0.4 is 12.4 Å². The Morgan fingerprint density at radius 1 is 1.45 bits per heavy atom. The van der Waals surface area contributed by atoms with E-state index in [1.807, 2.05) is 21.1 Å². The largest absolute Gasteiger partial charge is 1.00 e. The second-order valence-corrected chi connectivity index (χ2v) is 3.06. The fraction of sp³-hybridized carbons (Fsp3) is 0.571. The lowest BCUT2D eigenvalue weighted by molar-refractivity contribution is -0.862. The number of quaternary nitrogens is 1. The molecule has 0 aliphatic carbocycles. The molecule has 0 aromatic heterocycles. The Labute approximate surface area is 73.0 Å². The highest BCUT2D eigenvalue weighted by Gasteiger charge is 2.01. The fourth-order valence-electron chi connectivity index (χ4n) is 0.352. The highest BCUT2D eigenvalue weighted by Crippen LogP contribution is 1.85. The lowest BCUT2D eigenvalue weighted by atomic mass is 10.5. The molecular weight excluding hydrogens is 166 g/mol. The molecule has 0 atom stereocenters. The molecule has 0 aliphatic heterocycles. The van der Waals surface area contributed by atoms with Gasteiger partial charge >= 0.3 is 5.97 Å². The average molecular weight is 178 g/mol. The minimum atomic E-state index is -1.06. The average Bonchev–Trinajstić information content (AvgIpc) is 1.59. The fourth-order valence-corrected chi connectivity index (χ4v) is 0.352. The predicted octanol–water partition coefficient (Wildman–Crippen LogP) is -3.22. The number of hydrogen-bond acceptors (Lipinski definition) is 1. The molecule has 0 aromatic rings. The Morgan fingerprint density at radius 2 is 1.91 bits per heavy atom. The molecule has 3 nitrogen and oxygen atoms in total. The zero-order valence-corrected chi connectivity index (χ0v) is 7.64. The van der Waals surface area contributed by atoms with E-state index in [1.165, 1.54) is 0 Å². The van der Waals surface area contributed by atoms with Crippen molar-refractivity contribution in [1.29, 1.82) is 0 Å². The van der Waals surface area contributed by atoms with Crippen LogP contribution in [0.3, 0.4) is 0 Å². The van der Waals surface area contributed by atoms with Crippen molar-refractivity contribution in [3.05, 3.63) is 0 Å². The van der Waals surface area contributed by atoms with Gasteiger partial charge in [-0.1, -0.05) is 0 Å². The molecule has 0 radical (unpaired) electrons. The first kappa shape index (κ1) is 12.9. The molecule has 0 spiro atoms. The minimum Gasteiger partial charge on any atom is -1.00 e. The molecule has 0 saturated carbocycles. The van der Waals surface area contributed by atoms with Crippen LogP contribution in [0, 0.1) is 11.8 Å². The van der Waals surface area contributed by atoms with Crippen LogP contribution in [0.25, 0.3) is 0 Å². The van der Waals surface area contributed by atoms with Gasteiger partial charge in [-0.05, 0) is 5.92 Å². The minimum absolute atomic E-state index is 0. The third-order valence-electron chi connectivity index (χ3n) is 0.749. The van der Waals surface area contributed by atoms with Crippen LogP contribution in [0.5, 0.6) is 0 Å². The quantitative estimate of drug-likeness (QED) is 0.338. The highest BCUT2D eigenvalue weighted by molar-refractivity contribution is 5.86. The molecule has 0 amide bonds. The van der Waals surface area contributed by atoms with Crippen LogP contribution in [0.2, 0.25) is 0 Å². The Kier molecular flexibility index (Phi) is 5.87. The summed E-state index contributed by atoms with van der Waals surface area (Å²) in [7, 11) is 5.86. The molecule has 0 unspecified atom stereocenters. The summed E-state index contributed by atoms with van der Waals surface area (Å²) in [5.74, 6) is 3.54. The molecule has 0 rings (SSSR count). The Bertz CT molecular complexity index is 185. The molecule has 1 N–H and O–H groups in total. The maximum atomic E-state index is 9.90. The number of rotatable bonds is 1. The molecule has 0 aliphatic rings. The van der Waals surface area contributed by atoms with Crippen molar-refractivity contribution >= 4 is 5.97 Å². The van der Waals surface area contributed by atoms with Crippen LogP contribution in [-0.2, 0) is 4.79 Å². The summed E-state index contributed by atoms with van der Waals surface area (Å²) < 4.78 is 0.667. The van der Waals surface area contributed by atoms with E-state index in [4.69, 9.17) is 5.11 Å². The van der Waals surface area contributed by atoms with E-state index in [9.17, 15) is 4.79 Å². The number of carbonyl (C=O) groups is 1. The van der Waals surface area contributed by atoms with Crippen molar-refractivity contribution in [2.75, 3.05) is 27.7 Å². The van der Waals surface area contributed by atoms with E-state index in [0.717, 1.165) is 0 Å². The van der Waals surface area contributed by atoms with Gasteiger partial charge in [-0.2, -0.15) is 0 Å². The predicted molar refractivity (Wildman–Crippen MR) is 38.3 cm³/mol. The van der Waals surface area contributed by atoms with Crippen molar-refractivity contribution in [3.63, 3.8) is 0 Å². The first-order valence-electron chi connectivity index (χ1n) is 2.94. The van der Waals surface area contributed by atoms with Gasteiger partial charge in [0.25, 0.3) is 0 Å². The second kappa shape index (κ2) is 5.00. The summed E-state index contributed by atoms with van der Waals surface area (Å²) in [5, 5.41) is 8.13. The van der Waals surface area contributed by atoms with Crippen molar-refractivity contribution in [2.45, 2.75) is 0 Å². The molecule has 0 heterocycles. The third kappa shape index (κ3) is 12.5. The van der Waals surface area contributed by atoms with E-state index in [2.05, 4.69) is 11.8 Å². The SMILES string of the molecule is C[N+](C)(C)CC#CC(=O)O.[Cl-]. The zero-order chi connectivity index (χ0) is 8.20. The van der Waals surface area contributed by atoms with Crippen LogP contribution in [0.4, 0.5) is 0 Å². The summed E-state index contributed by atoms with van der Waals surface area (Å²) >= 11 is 0. The molecule has 0 saturated heterocycles. The van der Waals surface area contributed by atoms with E-state index in [-0.39, 0.29) is 12.4 Å². The van der Waals surface area contributed by atoms with Gasteiger partial charge in [0.1, 0.15) is 6.54 Å². The highest BCUT2D eigenvalue weighted by atomic mass is 35.5. The summed E-state index contributed by atoms with van der Waals surface area (Å²) in [6.45, 7) is 0.562. The molecule has 0 fully saturated rings. The Hall–Kier alpha value is -0.720. The topological polar surface area (TPSA) is 37.3 Å². The van der Waals surface area contributed by atoms with E-state index in [1.54, 1.807) is 0 Å². The molecule has 11 heavy (non-hydrogen) atoms. The van der Waals surface area contributed by atoms with Gasteiger partial charge in [0.05, 0.1) is 21.1 Å². The van der Waals surface area contributed by atoms with Crippen molar-refractivity contribution in [1.82, 2.24) is 0 Å². The summed E-state index contributed by atoms with van der Waals surface area (Å²) in [5.41, 5.74) is 0. The standard InChI is InChI=1S/C7H11NO2.ClH/c1-8(2,3)6-4-5-7(9)10;/h6H2,1-3H3;1H. The van der Waals surface area contributed by atoms with Crippen LogP contribution >= 0.6 is 0 Å². The first-order valence-corrected chi connectivity index (χ1v) is 2.94. The molecule has 0 aromatic carbocycles. The molecule has 4 heteroatoms. The monoisotopic (exact) mass is 177 g/mol. The number of aliphatic carboxylic acids is 1. The van der Waals surface area contributed by atoms with Crippen molar-refractivity contribution in [3.8, 4) is 11.8 Å². The van der Waals surface area contributed by atoms with Gasteiger partial charge in [-0.3, -0.25) is 0 Å². The Morgan fingerprint density at radius 3 is 2.18 bits per heavy atom. The Balaban J connectivity index is 0. The number of nitrogens with zero attached hydrogens (tertiary/aromatic N) is 1. The smallest absolute Gasteiger partial charge is 0.382 e. The lowest BCUT2D eigenvalue weighted by Gasteiger charge is -2.19. The summed E-state index contributed by atoms with van der Waals surface area (Å²) in [6, 6.07) is 0. The zero-order valence-electron chi connectivity index (χ0n) is 6.89. The van der Waals surface area contributed by atoms with Gasteiger partial charge in [0.2, 0.25) is 0 Å². The van der Waals surface area contributed by atoms with Gasteiger partial charge in [0.15, 0.2) is 0 Å². The van der Waals surface area contributed by atoms with Gasteiger partial charge in [-0.25, -0.2) is 4.79 Å². The molecular formula is C7H12ClNO2. The maximum absolute atomic E-state index is 9.90. The number of carboxylic acid groups (broad SMARTS) is 1. The van der Waals surface area contributed by atoms with Crippen LogP contribution in [0.15, 0.2) is 0 Å². The van der Waals surface area contributed by atoms with E-state index < -0.39 is 5.97 Å². The lowest BCUT2D eigenvalue weighted by Crippen LogP contribution is -3.00. The molecule has 64 valence electrons. The second-order valence-electron chi connectivity index (χ2n) is 3.06. The summed E-state index contributed by atoms with van der Waals surface area (Å²) in [4.78, 5) is 9.90. The summed E-state index contributed by atoms with van der Waals surface area (Å²) in [6.07, 6.45) is 0. The van der Waals surface area contributed by atoms with Crippen molar-refractivity contribution < 1.29 is 26.8 Å². The number of halogens is 1. The third-order valence-corrected chi connectivity index (χ3v) is 0.749. The van der Waals surface area contributed by atoms with Gasteiger partial charge in [-0.15, -0.1) is 0 Å². The van der Waals surface area contributed by atoms with E-state index >= 15 is 0 Å². The van der Waals surface area contributed by atoms with Crippen LogP contribution in [-0.4, -0.2) is 43.2 Å². The van der Waals surface area contributed by atoms with Crippen molar-refractivity contribution in [2.24, 2.45) is 0 Å².